The van der Waals surface area contributed by atoms with Crippen LogP contribution in [0.1, 0.15) is 30.4 Å². The first-order chi connectivity index (χ1) is 9.34. The Balaban J connectivity index is 2.19. The summed E-state index contributed by atoms with van der Waals surface area (Å²) in [6, 6.07) is 17.8. The normalized spacial score (nSPS) is 17.8. The van der Waals surface area contributed by atoms with Gasteiger partial charge in [-0.1, -0.05) is 67.6 Å². The molecule has 1 aliphatic rings. The summed E-state index contributed by atoms with van der Waals surface area (Å²) in [4.78, 5) is 0. The average molecular weight is 244 g/mol. The Morgan fingerprint density at radius 3 is 2.63 bits per heavy atom. The number of allylic oxidation sites excluding steroid dienone is 1. The smallest absolute Gasteiger partial charge is 0.0102 e. The van der Waals surface area contributed by atoms with E-state index in [0.29, 0.717) is 5.92 Å². The van der Waals surface area contributed by atoms with E-state index in [1.807, 2.05) is 0 Å². The van der Waals surface area contributed by atoms with Crippen molar-refractivity contribution in [2.75, 3.05) is 0 Å². The molecule has 0 saturated carbocycles. The molecule has 0 saturated heterocycles. The first-order valence-corrected chi connectivity index (χ1v) is 6.95. The fourth-order valence-corrected chi connectivity index (χ4v) is 3.34. The molecule has 0 nitrogen and oxygen atoms in total. The van der Waals surface area contributed by atoms with E-state index in [2.05, 4.69) is 67.6 Å². The van der Waals surface area contributed by atoms with Crippen LogP contribution in [-0.2, 0) is 0 Å². The summed E-state index contributed by atoms with van der Waals surface area (Å²) in [5.41, 5.74) is 2.91. The highest BCUT2D eigenvalue weighted by atomic mass is 14.2. The molecule has 19 heavy (non-hydrogen) atoms. The second kappa shape index (κ2) is 3.96. The molecule has 92 valence electrons. The van der Waals surface area contributed by atoms with Crippen LogP contribution in [0.4, 0.5) is 0 Å². The van der Waals surface area contributed by atoms with Crippen LogP contribution in [0.3, 0.4) is 0 Å². The minimum atomic E-state index is 0.616. The van der Waals surface area contributed by atoms with Crippen LogP contribution in [-0.4, -0.2) is 0 Å². The van der Waals surface area contributed by atoms with E-state index in [1.165, 1.54) is 32.7 Å². The van der Waals surface area contributed by atoms with Gasteiger partial charge in [0.15, 0.2) is 0 Å². The molecule has 0 aromatic heterocycles. The fraction of sp³-hybridized carbons (Fsp3) is 0.158. The summed E-state index contributed by atoms with van der Waals surface area (Å²) < 4.78 is 0. The molecule has 0 bridgehead atoms. The van der Waals surface area contributed by atoms with Crippen LogP contribution >= 0.6 is 0 Å². The highest BCUT2D eigenvalue weighted by molar-refractivity contribution is 6.09. The largest absolute Gasteiger partial charge is 0.0833 e. The van der Waals surface area contributed by atoms with Gasteiger partial charge in [0, 0.05) is 0 Å². The topological polar surface area (TPSA) is 0 Å². The second-order valence-corrected chi connectivity index (χ2v) is 5.49. The van der Waals surface area contributed by atoms with Gasteiger partial charge in [0.1, 0.15) is 0 Å². The molecular weight excluding hydrogens is 228 g/mol. The number of hydrogen-bond donors (Lipinski definition) is 0. The third-order valence-electron chi connectivity index (χ3n) is 4.28. The van der Waals surface area contributed by atoms with Gasteiger partial charge >= 0.3 is 0 Å². The highest BCUT2D eigenvalue weighted by Crippen LogP contribution is 2.37. The lowest BCUT2D eigenvalue weighted by atomic mass is 9.84. The highest BCUT2D eigenvalue weighted by Gasteiger charge is 2.16. The van der Waals surface area contributed by atoms with Crippen LogP contribution in [0, 0.1) is 0 Å². The number of fused-ring (bicyclic) bond motifs is 5. The molecule has 4 rings (SSSR count). The zero-order valence-electron chi connectivity index (χ0n) is 11.1. The minimum Gasteiger partial charge on any atom is -0.0833 e. The molecule has 1 aliphatic carbocycles. The molecule has 0 N–H and O–H groups in total. The predicted molar refractivity (Wildman–Crippen MR) is 83.5 cm³/mol. The van der Waals surface area contributed by atoms with E-state index in [0.717, 1.165) is 6.42 Å². The van der Waals surface area contributed by atoms with Crippen molar-refractivity contribution in [1.82, 2.24) is 0 Å². The maximum atomic E-state index is 2.33. The van der Waals surface area contributed by atoms with E-state index in [-0.39, 0.29) is 0 Å². The summed E-state index contributed by atoms with van der Waals surface area (Å²) in [6.07, 6.45) is 5.71. The first-order valence-electron chi connectivity index (χ1n) is 6.95. The Kier molecular flexibility index (Phi) is 2.25. The summed E-state index contributed by atoms with van der Waals surface area (Å²) >= 11 is 0. The third kappa shape index (κ3) is 1.53. The second-order valence-electron chi connectivity index (χ2n) is 5.49. The monoisotopic (exact) mass is 244 g/mol. The van der Waals surface area contributed by atoms with Crippen molar-refractivity contribution in [2.24, 2.45) is 0 Å². The fourth-order valence-electron chi connectivity index (χ4n) is 3.34. The molecule has 0 spiro atoms. The third-order valence-corrected chi connectivity index (χ3v) is 4.28. The molecular formula is C19H16. The van der Waals surface area contributed by atoms with Crippen LogP contribution in [0.25, 0.3) is 27.6 Å². The number of rotatable bonds is 0. The van der Waals surface area contributed by atoms with Gasteiger partial charge in [-0.2, -0.15) is 0 Å². The van der Waals surface area contributed by atoms with E-state index < -0.39 is 0 Å². The molecule has 3 aromatic carbocycles. The Labute approximate surface area is 113 Å². The molecule has 0 fully saturated rings. The van der Waals surface area contributed by atoms with Crippen LogP contribution in [0.5, 0.6) is 0 Å². The van der Waals surface area contributed by atoms with Crippen molar-refractivity contribution >= 4 is 27.6 Å². The lowest BCUT2D eigenvalue weighted by Crippen LogP contribution is -2.01. The summed E-state index contributed by atoms with van der Waals surface area (Å²) in [6.45, 7) is 2.33. The van der Waals surface area contributed by atoms with E-state index in [4.69, 9.17) is 0 Å². The van der Waals surface area contributed by atoms with Gasteiger partial charge in [-0.15, -0.1) is 0 Å². The molecule has 3 aromatic rings. The summed E-state index contributed by atoms with van der Waals surface area (Å²) in [7, 11) is 0. The molecule has 0 aliphatic heterocycles. The first kappa shape index (κ1) is 10.8. The Morgan fingerprint density at radius 1 is 0.842 bits per heavy atom. The van der Waals surface area contributed by atoms with Gasteiger partial charge in [0.05, 0.1) is 0 Å². The van der Waals surface area contributed by atoms with Crippen molar-refractivity contribution in [3.05, 3.63) is 65.7 Å². The Hall–Kier alpha value is -2.08. The minimum absolute atomic E-state index is 0.616. The van der Waals surface area contributed by atoms with E-state index >= 15 is 0 Å². The van der Waals surface area contributed by atoms with Gasteiger partial charge in [-0.25, -0.2) is 0 Å². The van der Waals surface area contributed by atoms with Crippen molar-refractivity contribution in [2.45, 2.75) is 19.3 Å². The van der Waals surface area contributed by atoms with Gasteiger partial charge in [0.25, 0.3) is 0 Å². The number of benzene rings is 3. The summed E-state index contributed by atoms with van der Waals surface area (Å²) in [5.74, 6) is 0.616. The maximum absolute atomic E-state index is 2.33. The zero-order valence-corrected chi connectivity index (χ0v) is 11.1. The van der Waals surface area contributed by atoms with Gasteiger partial charge in [0.2, 0.25) is 0 Å². The van der Waals surface area contributed by atoms with Crippen molar-refractivity contribution in [3.63, 3.8) is 0 Å². The van der Waals surface area contributed by atoms with Gasteiger partial charge < -0.3 is 0 Å². The molecule has 0 heterocycles. The molecule has 0 heteroatoms. The average Bonchev–Trinajstić information content (AvgIpc) is 2.46. The standard InChI is InChI=1S/C19H16/c1-13-5-4-7-15-10-11-17-16-8-3-2-6-14(16)9-12-18(17)19(13)15/h2-4,6-13H,5H2,1H3. The van der Waals surface area contributed by atoms with Crippen LogP contribution in [0.15, 0.2) is 54.6 Å². The van der Waals surface area contributed by atoms with Crippen molar-refractivity contribution in [1.29, 1.82) is 0 Å². The molecule has 0 radical (unpaired) electrons. The Morgan fingerprint density at radius 2 is 1.68 bits per heavy atom. The lowest BCUT2D eigenvalue weighted by molar-refractivity contribution is 0.779. The van der Waals surface area contributed by atoms with Gasteiger partial charge in [-0.3, -0.25) is 0 Å². The summed E-state index contributed by atoms with van der Waals surface area (Å²) in [5, 5.41) is 5.51. The molecule has 1 atom stereocenters. The lowest BCUT2D eigenvalue weighted by Gasteiger charge is -2.20. The number of hydrogen-bond acceptors (Lipinski definition) is 0. The van der Waals surface area contributed by atoms with E-state index in [9.17, 15) is 0 Å². The maximum Gasteiger partial charge on any atom is -0.0102 e. The van der Waals surface area contributed by atoms with Crippen molar-refractivity contribution in [3.8, 4) is 0 Å². The van der Waals surface area contributed by atoms with E-state index in [1.54, 1.807) is 0 Å². The zero-order chi connectivity index (χ0) is 12.8. The molecule has 0 amide bonds. The van der Waals surface area contributed by atoms with Crippen LogP contribution in [0.2, 0.25) is 0 Å². The Bertz CT molecular complexity index is 809. The van der Waals surface area contributed by atoms with Crippen molar-refractivity contribution < 1.29 is 0 Å². The molecule has 1 unspecified atom stereocenters. The van der Waals surface area contributed by atoms with Crippen LogP contribution < -0.4 is 0 Å². The predicted octanol–water partition coefficient (Wildman–Crippen LogP) is 5.51. The van der Waals surface area contributed by atoms with Gasteiger partial charge in [-0.05, 0) is 45.0 Å². The SMILES string of the molecule is CC1CC=Cc2ccc3c(ccc4ccccc43)c21. The quantitative estimate of drug-likeness (QED) is 0.457.